The molecule has 2 rings (SSSR count). The summed E-state index contributed by atoms with van der Waals surface area (Å²) in [7, 11) is 0. The molecule has 1 N–H and O–H groups in total. The molecule has 18 heavy (non-hydrogen) atoms. The van der Waals surface area contributed by atoms with E-state index in [9.17, 15) is 5.11 Å². The first kappa shape index (κ1) is 12.7. The number of aliphatic hydroxyl groups excluding tert-OH is 1. The van der Waals surface area contributed by atoms with Crippen molar-refractivity contribution in [3.8, 4) is 0 Å². The second-order valence-electron chi connectivity index (χ2n) is 4.39. The molecule has 0 aliphatic heterocycles. The quantitative estimate of drug-likeness (QED) is 0.874. The lowest BCUT2D eigenvalue weighted by Gasteiger charge is -2.09. The van der Waals surface area contributed by atoms with E-state index in [1.807, 2.05) is 30.5 Å². The average Bonchev–Trinajstić information content (AvgIpc) is 2.40. The number of aromatic nitrogens is 2. The molecule has 0 spiro atoms. The fraction of sp³-hybridized carbons (Fsp3) is 0.333. The van der Waals surface area contributed by atoms with Crippen LogP contribution in [0.4, 0.5) is 0 Å². The second-order valence-corrected chi connectivity index (χ2v) is 4.39. The summed E-state index contributed by atoms with van der Waals surface area (Å²) in [6.07, 6.45) is 5.32. The van der Waals surface area contributed by atoms with E-state index in [1.165, 1.54) is 5.56 Å². The second kappa shape index (κ2) is 6.26. The van der Waals surface area contributed by atoms with Crippen molar-refractivity contribution < 1.29 is 5.11 Å². The molecule has 94 valence electrons. The van der Waals surface area contributed by atoms with Gasteiger partial charge in [0.05, 0.1) is 6.10 Å². The third kappa shape index (κ3) is 3.64. The largest absolute Gasteiger partial charge is 0.392 e. The molecular weight excluding hydrogens is 224 g/mol. The zero-order valence-corrected chi connectivity index (χ0v) is 10.6. The Morgan fingerprint density at radius 3 is 2.39 bits per heavy atom. The molecule has 0 aliphatic rings. The third-order valence-corrected chi connectivity index (χ3v) is 2.91. The lowest BCUT2D eigenvalue weighted by Crippen LogP contribution is -2.15. The normalized spacial score (nSPS) is 12.3. The maximum Gasteiger partial charge on any atom is 0.0651 e. The SMILES string of the molecule is CCc1ccc(CC(O)Cc2ccccn2)nc1. The van der Waals surface area contributed by atoms with Crippen LogP contribution < -0.4 is 0 Å². The summed E-state index contributed by atoms with van der Waals surface area (Å²) in [5.74, 6) is 0. The Labute approximate surface area is 108 Å². The first-order valence-electron chi connectivity index (χ1n) is 6.29. The predicted octanol–water partition coefficient (Wildman–Crippen LogP) is 2.19. The number of aliphatic hydroxyl groups is 1. The van der Waals surface area contributed by atoms with E-state index in [1.54, 1.807) is 6.20 Å². The van der Waals surface area contributed by atoms with E-state index in [0.29, 0.717) is 12.8 Å². The monoisotopic (exact) mass is 242 g/mol. The molecule has 1 atom stereocenters. The van der Waals surface area contributed by atoms with Crippen molar-refractivity contribution in [3.05, 3.63) is 59.7 Å². The number of hydrogen-bond acceptors (Lipinski definition) is 3. The number of hydrogen-bond donors (Lipinski definition) is 1. The summed E-state index contributed by atoms with van der Waals surface area (Å²) < 4.78 is 0. The van der Waals surface area contributed by atoms with Crippen LogP contribution in [0.25, 0.3) is 0 Å². The highest BCUT2D eigenvalue weighted by atomic mass is 16.3. The van der Waals surface area contributed by atoms with E-state index in [0.717, 1.165) is 17.8 Å². The van der Waals surface area contributed by atoms with E-state index in [-0.39, 0.29) is 0 Å². The molecular formula is C15H18N2O. The van der Waals surface area contributed by atoms with Crippen molar-refractivity contribution in [2.75, 3.05) is 0 Å². The molecule has 0 radical (unpaired) electrons. The molecule has 0 aromatic carbocycles. The summed E-state index contributed by atoms with van der Waals surface area (Å²) >= 11 is 0. The van der Waals surface area contributed by atoms with E-state index < -0.39 is 6.10 Å². The Morgan fingerprint density at radius 2 is 1.83 bits per heavy atom. The fourth-order valence-electron chi connectivity index (χ4n) is 1.86. The minimum absolute atomic E-state index is 0.431. The van der Waals surface area contributed by atoms with Crippen LogP contribution in [0.15, 0.2) is 42.7 Å². The smallest absolute Gasteiger partial charge is 0.0651 e. The highest BCUT2D eigenvalue weighted by Crippen LogP contribution is 2.07. The van der Waals surface area contributed by atoms with Crippen LogP contribution in [0.1, 0.15) is 23.9 Å². The first-order valence-corrected chi connectivity index (χ1v) is 6.29. The van der Waals surface area contributed by atoms with Gasteiger partial charge in [-0.25, -0.2) is 0 Å². The zero-order chi connectivity index (χ0) is 12.8. The topological polar surface area (TPSA) is 46.0 Å². The predicted molar refractivity (Wildman–Crippen MR) is 71.3 cm³/mol. The Hall–Kier alpha value is -1.74. The van der Waals surface area contributed by atoms with Gasteiger partial charge < -0.3 is 5.11 Å². The van der Waals surface area contributed by atoms with Gasteiger partial charge in [0.2, 0.25) is 0 Å². The van der Waals surface area contributed by atoms with Crippen molar-refractivity contribution in [1.29, 1.82) is 0 Å². The summed E-state index contributed by atoms with van der Waals surface area (Å²) in [5, 5.41) is 10.0. The zero-order valence-electron chi connectivity index (χ0n) is 10.6. The van der Waals surface area contributed by atoms with Gasteiger partial charge in [-0.1, -0.05) is 19.1 Å². The molecule has 0 fully saturated rings. The van der Waals surface area contributed by atoms with Gasteiger partial charge >= 0.3 is 0 Å². The Bertz CT molecular complexity index is 468. The summed E-state index contributed by atoms with van der Waals surface area (Å²) in [6, 6.07) is 9.79. The maximum atomic E-state index is 10.0. The lowest BCUT2D eigenvalue weighted by molar-refractivity contribution is 0.173. The molecule has 2 aromatic heterocycles. The van der Waals surface area contributed by atoms with E-state index >= 15 is 0 Å². The number of aryl methyl sites for hydroxylation is 1. The average molecular weight is 242 g/mol. The summed E-state index contributed by atoms with van der Waals surface area (Å²) in [5.41, 5.74) is 3.06. The maximum absolute atomic E-state index is 10.0. The molecule has 3 heteroatoms. The number of nitrogens with zero attached hydrogens (tertiary/aromatic N) is 2. The third-order valence-electron chi connectivity index (χ3n) is 2.91. The van der Waals surface area contributed by atoms with Gasteiger partial charge in [-0.05, 0) is 30.2 Å². The van der Waals surface area contributed by atoms with Gasteiger partial charge in [0.25, 0.3) is 0 Å². The highest BCUT2D eigenvalue weighted by molar-refractivity contribution is 5.15. The van der Waals surface area contributed by atoms with Crippen LogP contribution in [-0.4, -0.2) is 21.2 Å². The van der Waals surface area contributed by atoms with Gasteiger partial charge in [-0.15, -0.1) is 0 Å². The number of rotatable bonds is 5. The van der Waals surface area contributed by atoms with Crippen LogP contribution >= 0.6 is 0 Å². The minimum Gasteiger partial charge on any atom is -0.392 e. The lowest BCUT2D eigenvalue weighted by atomic mass is 10.1. The van der Waals surface area contributed by atoms with Crippen molar-refractivity contribution in [3.63, 3.8) is 0 Å². The van der Waals surface area contributed by atoms with Crippen molar-refractivity contribution in [2.24, 2.45) is 0 Å². The van der Waals surface area contributed by atoms with Gasteiger partial charge in [0.1, 0.15) is 0 Å². The van der Waals surface area contributed by atoms with Gasteiger partial charge in [-0.2, -0.15) is 0 Å². The molecule has 3 nitrogen and oxygen atoms in total. The van der Waals surface area contributed by atoms with Gasteiger partial charge in [0.15, 0.2) is 0 Å². The van der Waals surface area contributed by atoms with Gasteiger partial charge in [-0.3, -0.25) is 9.97 Å². The Kier molecular flexibility index (Phi) is 4.42. The van der Waals surface area contributed by atoms with Gasteiger partial charge in [0, 0.05) is 36.6 Å². The molecule has 0 amide bonds. The summed E-state index contributed by atoms with van der Waals surface area (Å²) in [4.78, 5) is 8.56. The Morgan fingerprint density at radius 1 is 1.06 bits per heavy atom. The van der Waals surface area contributed by atoms with Crippen LogP contribution in [0, 0.1) is 0 Å². The van der Waals surface area contributed by atoms with Crippen molar-refractivity contribution in [1.82, 2.24) is 9.97 Å². The van der Waals surface area contributed by atoms with E-state index in [2.05, 4.69) is 23.0 Å². The standard InChI is InChI=1S/C15H18N2O/c1-2-12-6-7-14(17-11-12)10-15(18)9-13-5-3-4-8-16-13/h3-8,11,15,18H,2,9-10H2,1H3. The molecule has 0 saturated heterocycles. The molecule has 0 aliphatic carbocycles. The van der Waals surface area contributed by atoms with Crippen molar-refractivity contribution in [2.45, 2.75) is 32.3 Å². The van der Waals surface area contributed by atoms with Crippen LogP contribution in [0.3, 0.4) is 0 Å². The van der Waals surface area contributed by atoms with Crippen LogP contribution in [-0.2, 0) is 19.3 Å². The molecule has 2 aromatic rings. The molecule has 2 heterocycles. The summed E-state index contributed by atoms with van der Waals surface area (Å²) in [6.45, 7) is 2.10. The fourth-order valence-corrected chi connectivity index (χ4v) is 1.86. The molecule has 0 bridgehead atoms. The van der Waals surface area contributed by atoms with Crippen molar-refractivity contribution >= 4 is 0 Å². The molecule has 0 saturated carbocycles. The highest BCUT2D eigenvalue weighted by Gasteiger charge is 2.08. The Balaban J connectivity index is 1.92. The van der Waals surface area contributed by atoms with E-state index in [4.69, 9.17) is 0 Å². The number of pyridine rings is 2. The van der Waals surface area contributed by atoms with Crippen LogP contribution in [0.2, 0.25) is 0 Å². The minimum atomic E-state index is -0.431. The first-order chi connectivity index (χ1) is 8.78. The van der Waals surface area contributed by atoms with Crippen LogP contribution in [0.5, 0.6) is 0 Å². The molecule has 1 unspecified atom stereocenters.